The van der Waals surface area contributed by atoms with Crippen LogP contribution in [0.15, 0.2) is 28.8 Å². The maximum atomic E-state index is 12.7. The van der Waals surface area contributed by atoms with Crippen LogP contribution in [-0.4, -0.2) is 63.7 Å². The summed E-state index contributed by atoms with van der Waals surface area (Å²) in [6, 6.07) is 8.00. The number of benzene rings is 1. The fourth-order valence-corrected chi connectivity index (χ4v) is 3.62. The molecule has 1 aliphatic rings. The molecule has 3 rings (SSSR count). The van der Waals surface area contributed by atoms with Crippen LogP contribution in [0, 0.1) is 6.92 Å². The number of nitrogens with zero attached hydrogens (tertiary/aromatic N) is 4. The maximum absolute atomic E-state index is 12.7. The summed E-state index contributed by atoms with van der Waals surface area (Å²) < 4.78 is 10.7. The van der Waals surface area contributed by atoms with Gasteiger partial charge in [0.05, 0.1) is 13.0 Å². The zero-order valence-electron chi connectivity index (χ0n) is 20.5. The smallest absolute Gasteiger partial charge is 0.408 e. The number of nitrogens with one attached hydrogen (secondary N) is 1. The Hall–Kier alpha value is -2.94. The molecule has 9 nitrogen and oxygen atoms in total. The van der Waals surface area contributed by atoms with Crippen LogP contribution < -0.4 is 5.32 Å². The van der Waals surface area contributed by atoms with Crippen LogP contribution in [0.2, 0.25) is 0 Å². The second-order valence-corrected chi connectivity index (χ2v) is 10.0. The molecule has 33 heavy (non-hydrogen) atoms. The largest absolute Gasteiger partial charge is 0.444 e. The molecule has 0 aliphatic carbocycles. The number of hydrogen-bond donors (Lipinski definition) is 1. The highest BCUT2D eigenvalue weighted by atomic mass is 16.6. The molecule has 1 fully saturated rings. The number of aryl methyl sites for hydroxylation is 1. The van der Waals surface area contributed by atoms with Crippen LogP contribution in [0.4, 0.5) is 4.79 Å². The summed E-state index contributed by atoms with van der Waals surface area (Å²) in [5, 5.41) is 6.84. The van der Waals surface area contributed by atoms with E-state index in [1.54, 1.807) is 13.8 Å². The predicted molar refractivity (Wildman–Crippen MR) is 123 cm³/mol. The molecule has 1 aromatic carbocycles. The maximum Gasteiger partial charge on any atom is 0.408 e. The molecular weight excluding hydrogens is 422 g/mol. The van der Waals surface area contributed by atoms with Gasteiger partial charge in [0.25, 0.3) is 0 Å². The van der Waals surface area contributed by atoms with Crippen LogP contribution in [-0.2, 0) is 28.0 Å². The van der Waals surface area contributed by atoms with Gasteiger partial charge in [-0.25, -0.2) is 4.79 Å². The van der Waals surface area contributed by atoms with E-state index in [0.717, 1.165) is 24.2 Å². The molecule has 1 saturated heterocycles. The van der Waals surface area contributed by atoms with Crippen molar-refractivity contribution in [3.63, 3.8) is 0 Å². The molecule has 1 aliphatic heterocycles. The van der Waals surface area contributed by atoms with Gasteiger partial charge >= 0.3 is 6.09 Å². The van der Waals surface area contributed by atoms with E-state index in [1.165, 1.54) is 0 Å². The minimum atomic E-state index is -0.842. The number of hydrogen-bond acceptors (Lipinski definition) is 7. The van der Waals surface area contributed by atoms with Gasteiger partial charge in [-0.3, -0.25) is 9.69 Å². The van der Waals surface area contributed by atoms with Crippen molar-refractivity contribution in [1.29, 1.82) is 0 Å². The van der Waals surface area contributed by atoms with Crippen molar-refractivity contribution in [2.45, 2.75) is 65.6 Å². The van der Waals surface area contributed by atoms with Crippen molar-refractivity contribution >= 4 is 12.0 Å². The first-order valence-corrected chi connectivity index (χ1v) is 11.3. The highest BCUT2D eigenvalue weighted by Gasteiger charge is 2.31. The quantitative estimate of drug-likeness (QED) is 0.711. The van der Waals surface area contributed by atoms with Gasteiger partial charge in [-0.1, -0.05) is 29.4 Å². The molecule has 2 amide bonds. The van der Waals surface area contributed by atoms with E-state index in [0.29, 0.717) is 37.8 Å². The van der Waals surface area contributed by atoms with Crippen LogP contribution in [0.3, 0.4) is 0 Å². The summed E-state index contributed by atoms with van der Waals surface area (Å²) in [6.45, 7) is 14.3. The van der Waals surface area contributed by atoms with Crippen molar-refractivity contribution in [3.05, 3.63) is 47.1 Å². The number of aromatic nitrogens is 2. The second-order valence-electron chi connectivity index (χ2n) is 10.0. The van der Waals surface area contributed by atoms with Crippen LogP contribution in [0.1, 0.15) is 57.5 Å². The number of ether oxygens (including phenoxy) is 1. The summed E-state index contributed by atoms with van der Waals surface area (Å²) in [5.74, 6) is 1.01. The zero-order valence-corrected chi connectivity index (χ0v) is 20.5. The summed E-state index contributed by atoms with van der Waals surface area (Å²) in [6.07, 6.45) is -0.107. The van der Waals surface area contributed by atoms with Gasteiger partial charge in [-0.05, 0) is 52.7 Å². The Bertz CT molecular complexity index is 971. The Labute approximate surface area is 195 Å². The van der Waals surface area contributed by atoms with Crippen LogP contribution in [0.25, 0.3) is 0 Å². The fraction of sp³-hybridized carbons (Fsp3) is 0.583. The third kappa shape index (κ3) is 7.02. The standard InChI is InChI=1S/C24H35N5O4/c1-17-9-7-8-10-18(17)15-20(30)29-13-11-28(12-14-29)16-19-25-21(27-33-19)24(5,6)26-22(31)32-23(2,3)4/h7-10H,11-16H2,1-6H3,(H,26,31). The van der Waals surface area contributed by atoms with E-state index in [1.807, 2.05) is 56.9 Å². The van der Waals surface area contributed by atoms with Crippen molar-refractivity contribution in [2.24, 2.45) is 0 Å². The number of alkyl carbamates (subject to hydrolysis) is 1. The third-order valence-corrected chi connectivity index (χ3v) is 5.53. The van der Waals surface area contributed by atoms with Gasteiger partial charge in [0, 0.05) is 26.2 Å². The number of carbonyl (C=O) groups is 2. The summed E-state index contributed by atoms with van der Waals surface area (Å²) in [5.41, 5.74) is 0.781. The molecule has 0 unspecified atom stereocenters. The van der Waals surface area contributed by atoms with Gasteiger partial charge in [0.2, 0.25) is 11.8 Å². The van der Waals surface area contributed by atoms with E-state index >= 15 is 0 Å². The lowest BCUT2D eigenvalue weighted by Crippen LogP contribution is -2.48. The Balaban J connectivity index is 1.50. The Morgan fingerprint density at radius 2 is 1.76 bits per heavy atom. The molecule has 2 aromatic rings. The monoisotopic (exact) mass is 457 g/mol. The lowest BCUT2D eigenvalue weighted by molar-refractivity contribution is -0.132. The predicted octanol–water partition coefficient (Wildman–Crippen LogP) is 3.02. The minimum Gasteiger partial charge on any atom is -0.444 e. The van der Waals surface area contributed by atoms with Gasteiger partial charge in [-0.15, -0.1) is 0 Å². The second kappa shape index (κ2) is 9.91. The zero-order chi connectivity index (χ0) is 24.2. The SMILES string of the molecule is Cc1ccccc1CC(=O)N1CCN(Cc2nc(C(C)(C)NC(=O)OC(C)(C)C)no2)CC1. The highest BCUT2D eigenvalue weighted by molar-refractivity contribution is 5.79. The normalized spacial score (nSPS) is 15.4. The molecule has 9 heteroatoms. The number of carbonyl (C=O) groups excluding carboxylic acids is 2. The van der Waals surface area contributed by atoms with Gasteiger partial charge < -0.3 is 19.5 Å². The fourth-order valence-electron chi connectivity index (χ4n) is 3.62. The lowest BCUT2D eigenvalue weighted by Gasteiger charge is -2.34. The minimum absolute atomic E-state index is 0.152. The molecular formula is C24H35N5O4. The molecule has 0 spiro atoms. The lowest BCUT2D eigenvalue weighted by atomic mass is 10.1. The van der Waals surface area contributed by atoms with E-state index in [9.17, 15) is 9.59 Å². The molecule has 1 N–H and O–H groups in total. The number of rotatable bonds is 6. The highest BCUT2D eigenvalue weighted by Crippen LogP contribution is 2.19. The van der Waals surface area contributed by atoms with E-state index < -0.39 is 17.2 Å². The average molecular weight is 458 g/mol. The first kappa shape index (κ1) is 24.7. The van der Waals surface area contributed by atoms with Gasteiger partial charge in [0.15, 0.2) is 5.82 Å². The molecule has 0 radical (unpaired) electrons. The summed E-state index contributed by atoms with van der Waals surface area (Å²) in [4.78, 5) is 33.4. The Kier molecular flexibility index (Phi) is 7.41. The van der Waals surface area contributed by atoms with Crippen molar-refractivity contribution in [3.8, 4) is 0 Å². The summed E-state index contributed by atoms with van der Waals surface area (Å²) >= 11 is 0. The molecule has 1 aromatic heterocycles. The molecule has 2 heterocycles. The van der Waals surface area contributed by atoms with Crippen LogP contribution in [0.5, 0.6) is 0 Å². The molecule has 0 saturated carbocycles. The van der Waals surface area contributed by atoms with Gasteiger partial charge in [-0.2, -0.15) is 4.98 Å². The topological polar surface area (TPSA) is 101 Å². The van der Waals surface area contributed by atoms with E-state index in [4.69, 9.17) is 9.26 Å². The number of amides is 2. The molecule has 0 bridgehead atoms. The Morgan fingerprint density at radius 3 is 2.39 bits per heavy atom. The van der Waals surface area contributed by atoms with E-state index in [2.05, 4.69) is 20.4 Å². The third-order valence-electron chi connectivity index (χ3n) is 5.53. The number of piperazine rings is 1. The van der Waals surface area contributed by atoms with Crippen molar-refractivity contribution < 1.29 is 18.8 Å². The Morgan fingerprint density at radius 1 is 1.09 bits per heavy atom. The average Bonchev–Trinajstić information content (AvgIpc) is 3.18. The van der Waals surface area contributed by atoms with E-state index in [-0.39, 0.29) is 5.91 Å². The van der Waals surface area contributed by atoms with Crippen molar-refractivity contribution in [1.82, 2.24) is 25.3 Å². The summed E-state index contributed by atoms with van der Waals surface area (Å²) in [7, 11) is 0. The first-order chi connectivity index (χ1) is 15.4. The van der Waals surface area contributed by atoms with Crippen molar-refractivity contribution in [2.75, 3.05) is 26.2 Å². The first-order valence-electron chi connectivity index (χ1n) is 11.3. The van der Waals surface area contributed by atoms with Gasteiger partial charge in [0.1, 0.15) is 11.1 Å². The molecule has 0 atom stereocenters. The van der Waals surface area contributed by atoms with Crippen LogP contribution >= 0.6 is 0 Å². The molecule has 180 valence electrons.